The second-order valence-electron chi connectivity index (χ2n) is 5.28. The molecule has 0 bridgehead atoms. The van der Waals surface area contributed by atoms with Crippen LogP contribution in [0.2, 0.25) is 0 Å². The van der Waals surface area contributed by atoms with Crippen LogP contribution in [-0.2, 0) is 19.9 Å². The lowest BCUT2D eigenvalue weighted by Gasteiger charge is -2.10. The second kappa shape index (κ2) is 6.48. The number of hydrogen-bond acceptors (Lipinski definition) is 5. The van der Waals surface area contributed by atoms with Crippen LogP contribution in [0, 0.1) is 11.3 Å². The van der Waals surface area contributed by atoms with E-state index in [1.165, 1.54) is 9.56 Å². The van der Waals surface area contributed by atoms with Crippen molar-refractivity contribution in [1.82, 2.24) is 15.1 Å². The van der Waals surface area contributed by atoms with Crippen LogP contribution in [0.4, 0.5) is 5.00 Å². The average Bonchev–Trinajstić information content (AvgIpc) is 3.09. The number of anilines is 1. The monoisotopic (exact) mass is 345 g/mol. The van der Waals surface area contributed by atoms with Gasteiger partial charge >= 0.3 is 0 Å². The molecule has 8 heteroatoms. The number of nitrogens with zero attached hydrogens (tertiary/aromatic N) is 3. The number of aryl methyl sites for hydroxylation is 2. The zero-order valence-electron chi connectivity index (χ0n) is 12.5. The average molecular weight is 345 g/mol. The van der Waals surface area contributed by atoms with Crippen LogP contribution in [0.25, 0.3) is 0 Å². The van der Waals surface area contributed by atoms with Gasteiger partial charge in [-0.05, 0) is 49.5 Å². The molecule has 2 heterocycles. The summed E-state index contributed by atoms with van der Waals surface area (Å²) in [6.45, 7) is 0. The molecule has 0 atom stereocenters. The van der Waals surface area contributed by atoms with Gasteiger partial charge in [0.05, 0.1) is 5.56 Å². The minimum atomic E-state index is -0.331. The van der Waals surface area contributed by atoms with Gasteiger partial charge in [0, 0.05) is 18.1 Å². The van der Waals surface area contributed by atoms with E-state index in [2.05, 4.69) is 21.8 Å². The van der Waals surface area contributed by atoms with Crippen LogP contribution in [0.1, 0.15) is 39.3 Å². The van der Waals surface area contributed by atoms with Crippen LogP contribution >= 0.6 is 23.6 Å². The Labute approximate surface area is 143 Å². The molecule has 0 aromatic carbocycles. The third kappa shape index (κ3) is 3.11. The molecule has 0 radical (unpaired) electrons. The maximum atomic E-state index is 12.1. The number of rotatable bonds is 2. The Bertz CT molecular complexity index is 814. The zero-order valence-corrected chi connectivity index (χ0v) is 14.2. The molecular weight excluding hydrogens is 330 g/mol. The summed E-state index contributed by atoms with van der Waals surface area (Å²) in [7, 11) is 1.69. The quantitative estimate of drug-likeness (QED) is 0.817. The summed E-state index contributed by atoms with van der Waals surface area (Å²) in [4.78, 5) is 13.4. The Balaban J connectivity index is 1.74. The van der Waals surface area contributed by atoms with Crippen molar-refractivity contribution in [1.29, 1.82) is 5.26 Å². The number of nitriles is 1. The highest BCUT2D eigenvalue weighted by molar-refractivity contribution is 7.80. The molecule has 0 spiro atoms. The van der Waals surface area contributed by atoms with Crippen molar-refractivity contribution in [3.8, 4) is 6.07 Å². The van der Waals surface area contributed by atoms with E-state index in [1.54, 1.807) is 30.6 Å². The normalized spacial score (nSPS) is 13.0. The topological polar surface area (TPSA) is 82.7 Å². The van der Waals surface area contributed by atoms with Gasteiger partial charge in [0.15, 0.2) is 5.11 Å². The lowest BCUT2D eigenvalue weighted by Crippen LogP contribution is -2.35. The number of carbonyl (C=O) groups is 1. The van der Waals surface area contributed by atoms with E-state index in [-0.39, 0.29) is 11.0 Å². The van der Waals surface area contributed by atoms with Crippen molar-refractivity contribution in [3.63, 3.8) is 0 Å². The van der Waals surface area contributed by atoms with Gasteiger partial charge in [0.1, 0.15) is 16.8 Å². The number of fused-ring (bicyclic) bond motifs is 1. The Morgan fingerprint density at radius 1 is 1.48 bits per heavy atom. The van der Waals surface area contributed by atoms with E-state index < -0.39 is 0 Å². The molecule has 2 N–H and O–H groups in total. The molecule has 3 rings (SSSR count). The summed E-state index contributed by atoms with van der Waals surface area (Å²) in [5, 5.41) is 19.9. The van der Waals surface area contributed by atoms with Gasteiger partial charge in [0.25, 0.3) is 5.91 Å². The number of nitrogens with one attached hydrogen (secondary N) is 2. The van der Waals surface area contributed by atoms with Gasteiger partial charge in [-0.25, -0.2) is 0 Å². The highest BCUT2D eigenvalue weighted by Gasteiger charge is 2.21. The fourth-order valence-electron chi connectivity index (χ4n) is 2.67. The Morgan fingerprint density at radius 3 is 2.96 bits per heavy atom. The third-order valence-electron chi connectivity index (χ3n) is 3.79. The summed E-state index contributed by atoms with van der Waals surface area (Å²) in [5.41, 5.74) is 2.20. The summed E-state index contributed by atoms with van der Waals surface area (Å²) < 4.78 is 1.47. The first-order valence-electron chi connectivity index (χ1n) is 7.25. The predicted octanol–water partition coefficient (Wildman–Crippen LogP) is 2.36. The van der Waals surface area contributed by atoms with Crippen molar-refractivity contribution in [3.05, 3.63) is 34.0 Å². The molecule has 0 unspecified atom stereocenters. The van der Waals surface area contributed by atoms with Crippen LogP contribution in [0.3, 0.4) is 0 Å². The van der Waals surface area contributed by atoms with E-state index in [4.69, 9.17) is 12.2 Å². The Kier molecular flexibility index (Phi) is 4.41. The van der Waals surface area contributed by atoms with Crippen molar-refractivity contribution >= 4 is 39.6 Å². The Hall–Kier alpha value is -2.24. The van der Waals surface area contributed by atoms with Crippen molar-refractivity contribution in [2.24, 2.45) is 7.05 Å². The molecule has 0 saturated heterocycles. The van der Waals surface area contributed by atoms with E-state index in [1.807, 2.05) is 0 Å². The highest BCUT2D eigenvalue weighted by atomic mass is 32.1. The van der Waals surface area contributed by atoms with Crippen LogP contribution in [0.15, 0.2) is 12.3 Å². The molecule has 1 amide bonds. The van der Waals surface area contributed by atoms with E-state index in [0.29, 0.717) is 11.3 Å². The first-order chi connectivity index (χ1) is 11.1. The van der Waals surface area contributed by atoms with Gasteiger partial charge in [-0.2, -0.15) is 10.4 Å². The largest absolute Gasteiger partial charge is 0.323 e. The number of carbonyl (C=O) groups excluding carboxylic acids is 1. The van der Waals surface area contributed by atoms with Crippen molar-refractivity contribution in [2.45, 2.75) is 25.7 Å². The summed E-state index contributed by atoms with van der Waals surface area (Å²) in [5.74, 6) is -0.331. The third-order valence-corrected chi connectivity index (χ3v) is 5.20. The maximum Gasteiger partial charge on any atom is 0.275 e. The number of amides is 1. The van der Waals surface area contributed by atoms with Crippen LogP contribution in [-0.4, -0.2) is 20.8 Å². The Morgan fingerprint density at radius 2 is 2.26 bits per heavy atom. The minimum absolute atomic E-state index is 0.186. The van der Waals surface area contributed by atoms with E-state index in [0.717, 1.165) is 36.2 Å². The fourth-order valence-corrected chi connectivity index (χ4v) is 4.17. The highest BCUT2D eigenvalue weighted by Crippen LogP contribution is 2.37. The minimum Gasteiger partial charge on any atom is -0.323 e. The molecule has 6 nitrogen and oxygen atoms in total. The van der Waals surface area contributed by atoms with Gasteiger partial charge in [-0.1, -0.05) is 0 Å². The second-order valence-corrected chi connectivity index (χ2v) is 6.79. The standard InChI is InChI=1S/C15H15N5OS2/c1-20-11(6-7-17-20)13(21)18-15(22)19-14-10(8-16)9-4-2-3-5-12(9)23-14/h6-7H,2-5H2,1H3,(H2,18,19,21,22). The molecular formula is C15H15N5OS2. The molecule has 1 aliphatic rings. The molecule has 0 fully saturated rings. The molecule has 0 aliphatic heterocycles. The van der Waals surface area contributed by atoms with Crippen molar-refractivity contribution in [2.75, 3.05) is 5.32 Å². The predicted molar refractivity (Wildman–Crippen MR) is 92.6 cm³/mol. The molecule has 118 valence electrons. The van der Waals surface area contributed by atoms with Crippen LogP contribution < -0.4 is 10.6 Å². The van der Waals surface area contributed by atoms with E-state index >= 15 is 0 Å². The van der Waals surface area contributed by atoms with Crippen LogP contribution in [0.5, 0.6) is 0 Å². The zero-order chi connectivity index (χ0) is 16.4. The molecule has 2 aromatic heterocycles. The molecule has 23 heavy (non-hydrogen) atoms. The molecule has 1 aliphatic carbocycles. The van der Waals surface area contributed by atoms with Gasteiger partial charge in [0.2, 0.25) is 0 Å². The summed E-state index contributed by atoms with van der Waals surface area (Å²) in [6.07, 6.45) is 5.75. The summed E-state index contributed by atoms with van der Waals surface area (Å²) >= 11 is 6.75. The lowest BCUT2D eigenvalue weighted by molar-refractivity contribution is 0.0968. The number of aromatic nitrogens is 2. The molecule has 2 aromatic rings. The van der Waals surface area contributed by atoms with Gasteiger partial charge < -0.3 is 5.32 Å². The maximum absolute atomic E-state index is 12.1. The van der Waals surface area contributed by atoms with Crippen molar-refractivity contribution < 1.29 is 4.79 Å². The number of hydrogen-bond donors (Lipinski definition) is 2. The lowest BCUT2D eigenvalue weighted by atomic mass is 9.96. The SMILES string of the molecule is Cn1nccc1C(=O)NC(=S)Nc1sc2c(c1C#N)CCCC2. The summed E-state index contributed by atoms with van der Waals surface area (Å²) in [6, 6.07) is 3.87. The first kappa shape index (κ1) is 15.6. The number of thiophene rings is 1. The fraction of sp³-hybridized carbons (Fsp3) is 0.333. The number of thiocarbonyl (C=S) groups is 1. The van der Waals surface area contributed by atoms with E-state index in [9.17, 15) is 10.1 Å². The smallest absolute Gasteiger partial charge is 0.275 e. The molecule has 0 saturated carbocycles. The van der Waals surface area contributed by atoms with Gasteiger partial charge in [-0.3, -0.25) is 14.8 Å². The first-order valence-corrected chi connectivity index (χ1v) is 8.47. The van der Waals surface area contributed by atoms with Gasteiger partial charge in [-0.15, -0.1) is 11.3 Å².